The minimum absolute atomic E-state index is 0.249. The first-order chi connectivity index (χ1) is 6.54. The Morgan fingerprint density at radius 3 is 2.50 bits per heavy atom. The highest BCUT2D eigenvalue weighted by molar-refractivity contribution is 5.73. The second-order valence-electron chi connectivity index (χ2n) is 4.57. The van der Waals surface area contributed by atoms with Crippen molar-refractivity contribution in [3.05, 3.63) is 0 Å². The summed E-state index contributed by atoms with van der Waals surface area (Å²) < 4.78 is 0. The van der Waals surface area contributed by atoms with Crippen molar-refractivity contribution in [2.75, 3.05) is 6.54 Å². The van der Waals surface area contributed by atoms with Gasteiger partial charge >= 0.3 is 5.97 Å². The second kappa shape index (κ2) is 4.78. The van der Waals surface area contributed by atoms with E-state index in [0.717, 1.165) is 25.8 Å². The predicted octanol–water partition coefficient (Wildman–Crippen LogP) is 1.97. The van der Waals surface area contributed by atoms with Gasteiger partial charge in [-0.25, -0.2) is 0 Å². The monoisotopic (exact) mass is 199 g/mol. The van der Waals surface area contributed by atoms with Crippen molar-refractivity contribution in [3.63, 3.8) is 0 Å². The van der Waals surface area contributed by atoms with E-state index in [1.54, 1.807) is 0 Å². The molecule has 0 aliphatic carbocycles. The van der Waals surface area contributed by atoms with E-state index >= 15 is 0 Å². The zero-order valence-electron chi connectivity index (χ0n) is 9.36. The SMILES string of the molecule is CC(C)C(C)N1CCCC[C@H]1C(=O)O. The molecule has 1 aliphatic heterocycles. The van der Waals surface area contributed by atoms with E-state index in [0.29, 0.717) is 12.0 Å². The predicted molar refractivity (Wildman–Crippen MR) is 56.3 cm³/mol. The van der Waals surface area contributed by atoms with Crippen LogP contribution in [0.4, 0.5) is 0 Å². The Morgan fingerprint density at radius 2 is 2.00 bits per heavy atom. The zero-order valence-corrected chi connectivity index (χ0v) is 9.36. The van der Waals surface area contributed by atoms with Gasteiger partial charge in [0.2, 0.25) is 0 Å². The highest BCUT2D eigenvalue weighted by Crippen LogP contribution is 2.22. The van der Waals surface area contributed by atoms with Gasteiger partial charge in [-0.15, -0.1) is 0 Å². The molecule has 14 heavy (non-hydrogen) atoms. The number of carboxylic acids is 1. The molecular weight excluding hydrogens is 178 g/mol. The van der Waals surface area contributed by atoms with Gasteiger partial charge in [0.1, 0.15) is 6.04 Å². The van der Waals surface area contributed by atoms with Crippen molar-refractivity contribution in [2.24, 2.45) is 5.92 Å². The lowest BCUT2D eigenvalue weighted by molar-refractivity contribution is -0.146. The molecule has 0 amide bonds. The Morgan fingerprint density at radius 1 is 1.36 bits per heavy atom. The fraction of sp³-hybridized carbons (Fsp3) is 0.909. The molecule has 0 bridgehead atoms. The number of carboxylic acid groups (broad SMARTS) is 1. The van der Waals surface area contributed by atoms with Gasteiger partial charge < -0.3 is 5.11 Å². The van der Waals surface area contributed by atoms with Crippen LogP contribution in [0.5, 0.6) is 0 Å². The lowest BCUT2D eigenvalue weighted by Crippen LogP contribution is -2.50. The molecule has 1 fully saturated rings. The molecule has 1 N–H and O–H groups in total. The van der Waals surface area contributed by atoms with E-state index in [-0.39, 0.29) is 6.04 Å². The molecule has 1 saturated heterocycles. The number of carbonyl (C=O) groups is 1. The summed E-state index contributed by atoms with van der Waals surface area (Å²) >= 11 is 0. The summed E-state index contributed by atoms with van der Waals surface area (Å²) in [5.41, 5.74) is 0. The third-order valence-electron chi connectivity index (χ3n) is 3.32. The van der Waals surface area contributed by atoms with E-state index < -0.39 is 5.97 Å². The maximum absolute atomic E-state index is 11.1. The van der Waals surface area contributed by atoms with Gasteiger partial charge in [0.25, 0.3) is 0 Å². The number of piperidine rings is 1. The van der Waals surface area contributed by atoms with E-state index in [1.807, 2.05) is 0 Å². The third kappa shape index (κ3) is 2.47. The second-order valence-corrected chi connectivity index (χ2v) is 4.57. The van der Waals surface area contributed by atoms with Crippen LogP contribution in [0.15, 0.2) is 0 Å². The minimum Gasteiger partial charge on any atom is -0.480 e. The van der Waals surface area contributed by atoms with Crippen LogP contribution in [0.1, 0.15) is 40.0 Å². The molecule has 0 radical (unpaired) electrons. The first-order valence-electron chi connectivity index (χ1n) is 5.52. The van der Waals surface area contributed by atoms with Crippen molar-refractivity contribution in [1.29, 1.82) is 0 Å². The summed E-state index contributed by atoms with van der Waals surface area (Å²) in [5, 5.41) is 9.10. The molecule has 0 aromatic carbocycles. The van der Waals surface area contributed by atoms with Crippen molar-refractivity contribution >= 4 is 5.97 Å². The molecule has 3 nitrogen and oxygen atoms in total. The van der Waals surface area contributed by atoms with E-state index in [2.05, 4.69) is 25.7 Å². The minimum atomic E-state index is -0.655. The lowest BCUT2D eigenvalue weighted by atomic mass is 9.96. The molecular formula is C11H21NO2. The molecule has 1 rings (SSSR count). The fourth-order valence-corrected chi connectivity index (χ4v) is 2.09. The van der Waals surface area contributed by atoms with Gasteiger partial charge in [-0.2, -0.15) is 0 Å². The number of hydrogen-bond acceptors (Lipinski definition) is 2. The first kappa shape index (κ1) is 11.5. The van der Waals surface area contributed by atoms with Crippen LogP contribution < -0.4 is 0 Å². The first-order valence-corrected chi connectivity index (χ1v) is 5.52. The topological polar surface area (TPSA) is 40.5 Å². The molecule has 2 atom stereocenters. The number of aliphatic carboxylic acids is 1. The Labute approximate surface area is 86.1 Å². The molecule has 1 unspecified atom stereocenters. The van der Waals surface area contributed by atoms with Crippen molar-refractivity contribution in [3.8, 4) is 0 Å². The smallest absolute Gasteiger partial charge is 0.320 e. The summed E-state index contributed by atoms with van der Waals surface area (Å²) in [6.07, 6.45) is 3.01. The molecule has 0 aromatic rings. The molecule has 0 aromatic heterocycles. The van der Waals surface area contributed by atoms with E-state index in [1.165, 1.54) is 0 Å². The lowest BCUT2D eigenvalue weighted by Gasteiger charge is -2.39. The van der Waals surface area contributed by atoms with Gasteiger partial charge in [0.05, 0.1) is 0 Å². The summed E-state index contributed by atoms with van der Waals surface area (Å²) in [5.74, 6) is -0.132. The van der Waals surface area contributed by atoms with Crippen LogP contribution in [-0.2, 0) is 4.79 Å². The number of hydrogen-bond donors (Lipinski definition) is 1. The van der Waals surface area contributed by atoms with Gasteiger partial charge in [-0.05, 0) is 32.2 Å². The Balaban J connectivity index is 2.67. The Bertz CT molecular complexity index is 203. The van der Waals surface area contributed by atoms with Crippen LogP contribution >= 0.6 is 0 Å². The number of rotatable bonds is 3. The average molecular weight is 199 g/mol. The van der Waals surface area contributed by atoms with Gasteiger partial charge in [0, 0.05) is 6.04 Å². The van der Waals surface area contributed by atoms with Gasteiger partial charge in [-0.3, -0.25) is 9.69 Å². The standard InChI is InChI=1S/C11H21NO2/c1-8(2)9(3)12-7-5-4-6-10(12)11(13)14/h8-10H,4-7H2,1-3H3,(H,13,14)/t9?,10-/m0/s1. The molecule has 82 valence electrons. The van der Waals surface area contributed by atoms with Gasteiger partial charge in [-0.1, -0.05) is 20.3 Å². The largest absolute Gasteiger partial charge is 0.480 e. The molecule has 1 aliphatic rings. The normalized spacial score (nSPS) is 26.4. The quantitative estimate of drug-likeness (QED) is 0.755. The van der Waals surface area contributed by atoms with Crippen molar-refractivity contribution in [2.45, 2.75) is 52.1 Å². The summed E-state index contributed by atoms with van der Waals surface area (Å²) in [4.78, 5) is 13.2. The highest BCUT2D eigenvalue weighted by Gasteiger charge is 2.32. The third-order valence-corrected chi connectivity index (χ3v) is 3.32. The van der Waals surface area contributed by atoms with Gasteiger partial charge in [0.15, 0.2) is 0 Å². The summed E-state index contributed by atoms with van der Waals surface area (Å²) in [6, 6.07) is 0.123. The molecule has 0 saturated carbocycles. The van der Waals surface area contributed by atoms with Crippen LogP contribution in [-0.4, -0.2) is 34.6 Å². The highest BCUT2D eigenvalue weighted by atomic mass is 16.4. The van der Waals surface area contributed by atoms with Crippen LogP contribution in [0.2, 0.25) is 0 Å². The maximum Gasteiger partial charge on any atom is 0.320 e. The van der Waals surface area contributed by atoms with Crippen molar-refractivity contribution in [1.82, 2.24) is 4.90 Å². The molecule has 3 heteroatoms. The summed E-state index contributed by atoms with van der Waals surface area (Å²) in [6.45, 7) is 7.37. The average Bonchev–Trinajstić information content (AvgIpc) is 2.16. The summed E-state index contributed by atoms with van der Waals surface area (Å²) in [7, 11) is 0. The van der Waals surface area contributed by atoms with E-state index in [9.17, 15) is 4.79 Å². The van der Waals surface area contributed by atoms with E-state index in [4.69, 9.17) is 5.11 Å². The fourth-order valence-electron chi connectivity index (χ4n) is 2.09. The van der Waals surface area contributed by atoms with Crippen LogP contribution in [0.3, 0.4) is 0 Å². The molecule has 0 spiro atoms. The Kier molecular flexibility index (Phi) is 3.93. The van der Waals surface area contributed by atoms with Crippen LogP contribution in [0, 0.1) is 5.92 Å². The van der Waals surface area contributed by atoms with Crippen molar-refractivity contribution < 1.29 is 9.90 Å². The Hall–Kier alpha value is -0.570. The number of likely N-dealkylation sites (tertiary alicyclic amines) is 1. The molecule has 1 heterocycles. The zero-order chi connectivity index (χ0) is 10.7. The number of nitrogens with zero attached hydrogens (tertiary/aromatic N) is 1. The van der Waals surface area contributed by atoms with Crippen LogP contribution in [0.25, 0.3) is 0 Å². The maximum atomic E-state index is 11.1.